The zero-order chi connectivity index (χ0) is 23.5. The van der Waals surface area contributed by atoms with E-state index in [4.69, 9.17) is 0 Å². The van der Waals surface area contributed by atoms with Gasteiger partial charge in [-0.1, -0.05) is 24.3 Å². The number of pyridine rings is 1. The van der Waals surface area contributed by atoms with Gasteiger partial charge in [0.15, 0.2) is 0 Å². The number of carbonyl (C=O) groups excluding carboxylic acids is 1. The molecule has 0 aliphatic rings. The van der Waals surface area contributed by atoms with Crippen molar-refractivity contribution in [3.8, 4) is 0 Å². The van der Waals surface area contributed by atoms with Gasteiger partial charge in [0.25, 0.3) is 11.5 Å². The van der Waals surface area contributed by atoms with E-state index >= 15 is 0 Å². The highest BCUT2D eigenvalue weighted by atomic mass is 32.2. The van der Waals surface area contributed by atoms with E-state index in [1.807, 2.05) is 12.1 Å². The lowest BCUT2D eigenvalue weighted by atomic mass is 10.1. The Morgan fingerprint density at radius 1 is 1.00 bits per heavy atom. The molecule has 0 saturated carbocycles. The largest absolute Gasteiger partial charge is 0.322 e. The maximum absolute atomic E-state index is 12.8. The van der Waals surface area contributed by atoms with Crippen LogP contribution in [0, 0.1) is 6.92 Å². The zero-order valence-corrected chi connectivity index (χ0v) is 19.4. The molecule has 32 heavy (non-hydrogen) atoms. The third-order valence-electron chi connectivity index (χ3n) is 4.67. The van der Waals surface area contributed by atoms with E-state index in [2.05, 4.69) is 10.0 Å². The first-order valence-corrected chi connectivity index (χ1v) is 11.6. The highest BCUT2D eigenvalue weighted by Crippen LogP contribution is 2.19. The van der Waals surface area contributed by atoms with Gasteiger partial charge in [-0.25, -0.2) is 13.1 Å². The Hall–Kier alpha value is -3.23. The third-order valence-corrected chi connectivity index (χ3v) is 6.42. The predicted octanol–water partition coefficient (Wildman–Crippen LogP) is 3.53. The summed E-state index contributed by atoms with van der Waals surface area (Å²) in [5, 5.41) is 2.81. The second-order valence-corrected chi connectivity index (χ2v) is 10.3. The predicted molar refractivity (Wildman–Crippen MR) is 125 cm³/mol. The molecule has 8 heteroatoms. The summed E-state index contributed by atoms with van der Waals surface area (Å²) in [5.41, 5.74) is 1.70. The van der Waals surface area contributed by atoms with E-state index in [-0.39, 0.29) is 16.0 Å². The number of anilines is 1. The number of rotatable bonds is 6. The second-order valence-electron chi connectivity index (χ2n) is 8.65. The maximum Gasteiger partial charge on any atom is 0.255 e. The van der Waals surface area contributed by atoms with Crippen molar-refractivity contribution in [1.82, 2.24) is 9.29 Å². The molecule has 0 atom stereocenters. The topological polar surface area (TPSA) is 97.3 Å². The Balaban J connectivity index is 1.77. The number of amides is 1. The molecule has 3 aromatic rings. The lowest BCUT2D eigenvalue weighted by molar-refractivity contribution is 0.102. The normalized spacial score (nSPS) is 11.9. The minimum atomic E-state index is -3.76. The molecule has 0 spiro atoms. The van der Waals surface area contributed by atoms with Crippen molar-refractivity contribution < 1.29 is 13.2 Å². The molecule has 1 amide bonds. The van der Waals surface area contributed by atoms with Gasteiger partial charge in [-0.2, -0.15) is 0 Å². The van der Waals surface area contributed by atoms with Gasteiger partial charge >= 0.3 is 0 Å². The minimum absolute atomic E-state index is 0.0341. The zero-order valence-electron chi connectivity index (χ0n) is 18.5. The van der Waals surface area contributed by atoms with E-state index in [9.17, 15) is 18.0 Å². The number of hydrogen-bond acceptors (Lipinski definition) is 4. The summed E-state index contributed by atoms with van der Waals surface area (Å²) in [6, 6.07) is 16.6. The quantitative estimate of drug-likeness (QED) is 0.597. The Morgan fingerprint density at radius 3 is 2.31 bits per heavy atom. The van der Waals surface area contributed by atoms with Crippen molar-refractivity contribution in [3.05, 3.63) is 93.9 Å². The first-order valence-electron chi connectivity index (χ1n) is 10.1. The standard InChI is InChI=1S/C24H27N3O4S/c1-17-8-13-20(32(30,31)26-24(2,3)4)15-21(17)23(29)25-19-11-9-18(10-12-19)16-27-14-6-5-7-22(27)28/h5-15,26H,16H2,1-4H3,(H,25,29). The third kappa shape index (κ3) is 5.93. The Morgan fingerprint density at radius 2 is 1.69 bits per heavy atom. The summed E-state index contributed by atoms with van der Waals surface area (Å²) in [6.07, 6.45) is 1.72. The molecule has 2 N–H and O–H groups in total. The van der Waals surface area contributed by atoms with E-state index in [0.717, 1.165) is 5.56 Å². The Kier molecular flexibility index (Phi) is 6.66. The molecule has 0 saturated heterocycles. The molecule has 0 aliphatic heterocycles. The fraction of sp³-hybridized carbons (Fsp3) is 0.250. The minimum Gasteiger partial charge on any atom is -0.322 e. The van der Waals surface area contributed by atoms with Gasteiger partial charge < -0.3 is 9.88 Å². The second kappa shape index (κ2) is 9.10. The molecule has 0 unspecified atom stereocenters. The van der Waals surface area contributed by atoms with Crippen molar-refractivity contribution in [2.75, 3.05) is 5.32 Å². The van der Waals surface area contributed by atoms with Crippen LogP contribution in [-0.4, -0.2) is 24.4 Å². The number of carbonyl (C=O) groups is 1. The fourth-order valence-corrected chi connectivity index (χ4v) is 4.60. The number of nitrogens with one attached hydrogen (secondary N) is 2. The monoisotopic (exact) mass is 453 g/mol. The van der Waals surface area contributed by atoms with Crippen LogP contribution in [-0.2, 0) is 16.6 Å². The van der Waals surface area contributed by atoms with Gasteiger partial charge in [-0.3, -0.25) is 9.59 Å². The first kappa shape index (κ1) is 23.4. The fourth-order valence-electron chi connectivity index (χ4n) is 3.15. The highest BCUT2D eigenvalue weighted by Gasteiger charge is 2.23. The molecule has 1 aromatic heterocycles. The number of aryl methyl sites for hydroxylation is 1. The highest BCUT2D eigenvalue weighted by molar-refractivity contribution is 7.89. The summed E-state index contributed by atoms with van der Waals surface area (Å²) in [5.74, 6) is -0.401. The van der Waals surface area contributed by atoms with Crippen LogP contribution < -0.4 is 15.6 Å². The Labute approximate surface area is 188 Å². The van der Waals surface area contributed by atoms with Crippen molar-refractivity contribution in [2.24, 2.45) is 0 Å². The van der Waals surface area contributed by atoms with Crippen LogP contribution in [0.5, 0.6) is 0 Å². The van der Waals surface area contributed by atoms with Gasteiger partial charge in [-0.05, 0) is 69.2 Å². The lowest BCUT2D eigenvalue weighted by Crippen LogP contribution is -2.40. The molecule has 3 rings (SSSR count). The average Bonchev–Trinajstić information content (AvgIpc) is 2.69. The van der Waals surface area contributed by atoms with Crippen LogP contribution in [0.1, 0.15) is 42.3 Å². The number of aromatic nitrogens is 1. The number of hydrogen-bond donors (Lipinski definition) is 2. The van der Waals surface area contributed by atoms with Crippen LogP contribution in [0.25, 0.3) is 0 Å². The van der Waals surface area contributed by atoms with Crippen molar-refractivity contribution in [2.45, 2.75) is 44.7 Å². The van der Waals surface area contributed by atoms with Gasteiger partial charge in [-0.15, -0.1) is 0 Å². The van der Waals surface area contributed by atoms with Crippen LogP contribution in [0.15, 0.2) is 76.6 Å². The molecule has 2 aromatic carbocycles. The summed E-state index contributed by atoms with van der Waals surface area (Å²) in [4.78, 5) is 24.7. The molecule has 0 fully saturated rings. The molecule has 0 aliphatic carbocycles. The van der Waals surface area contributed by atoms with E-state index < -0.39 is 21.5 Å². The van der Waals surface area contributed by atoms with Gasteiger partial charge in [0.05, 0.1) is 11.4 Å². The lowest BCUT2D eigenvalue weighted by Gasteiger charge is -2.20. The van der Waals surface area contributed by atoms with E-state index in [0.29, 0.717) is 17.8 Å². The average molecular weight is 454 g/mol. The van der Waals surface area contributed by atoms with Crippen molar-refractivity contribution >= 4 is 21.6 Å². The molecule has 168 valence electrons. The summed E-state index contributed by atoms with van der Waals surface area (Å²) >= 11 is 0. The summed E-state index contributed by atoms with van der Waals surface area (Å²) in [7, 11) is -3.76. The summed E-state index contributed by atoms with van der Waals surface area (Å²) in [6.45, 7) is 7.44. The maximum atomic E-state index is 12.8. The van der Waals surface area contributed by atoms with Crippen LogP contribution in [0.4, 0.5) is 5.69 Å². The van der Waals surface area contributed by atoms with Crippen molar-refractivity contribution in [1.29, 1.82) is 0 Å². The van der Waals surface area contributed by atoms with Gasteiger partial charge in [0.1, 0.15) is 0 Å². The molecule has 0 radical (unpaired) electrons. The molecule has 1 heterocycles. The van der Waals surface area contributed by atoms with Crippen LogP contribution >= 0.6 is 0 Å². The molecular formula is C24H27N3O4S. The van der Waals surface area contributed by atoms with Gasteiger partial charge in [0, 0.05) is 29.1 Å². The summed E-state index contributed by atoms with van der Waals surface area (Å²) < 4.78 is 29.5. The Bertz CT molecular complexity index is 1290. The number of benzene rings is 2. The SMILES string of the molecule is Cc1ccc(S(=O)(=O)NC(C)(C)C)cc1C(=O)Nc1ccc(Cn2ccccc2=O)cc1. The molecular weight excluding hydrogens is 426 g/mol. The molecule has 0 bridgehead atoms. The van der Waals surface area contributed by atoms with Crippen LogP contribution in [0.3, 0.4) is 0 Å². The van der Waals surface area contributed by atoms with Crippen molar-refractivity contribution in [3.63, 3.8) is 0 Å². The van der Waals surface area contributed by atoms with Crippen LogP contribution in [0.2, 0.25) is 0 Å². The first-order chi connectivity index (χ1) is 14.9. The number of nitrogens with zero attached hydrogens (tertiary/aromatic N) is 1. The van der Waals surface area contributed by atoms with E-state index in [1.165, 1.54) is 18.2 Å². The number of sulfonamides is 1. The van der Waals surface area contributed by atoms with E-state index in [1.54, 1.807) is 68.8 Å². The molecule has 7 nitrogen and oxygen atoms in total. The van der Waals surface area contributed by atoms with Gasteiger partial charge in [0.2, 0.25) is 10.0 Å². The smallest absolute Gasteiger partial charge is 0.255 e.